The summed E-state index contributed by atoms with van der Waals surface area (Å²) in [6.07, 6.45) is 0. The lowest BCUT2D eigenvalue weighted by Crippen LogP contribution is -2.11. The van der Waals surface area contributed by atoms with Crippen LogP contribution in [0, 0.1) is 20.8 Å². The average Bonchev–Trinajstić information content (AvgIpc) is 2.56. The molecule has 0 saturated heterocycles. The topological polar surface area (TPSA) is 44.8 Å². The molecule has 0 bridgehead atoms. The van der Waals surface area contributed by atoms with E-state index < -0.39 is 0 Å². The van der Waals surface area contributed by atoms with Gasteiger partial charge in [-0.3, -0.25) is 4.79 Å². The second-order valence-electron chi connectivity index (χ2n) is 5.53. The number of hydrogen-bond acceptors (Lipinski definition) is 4. The summed E-state index contributed by atoms with van der Waals surface area (Å²) in [4.78, 5) is 13.3. The Balaban J connectivity index is 2.78. The van der Waals surface area contributed by atoms with Crippen LogP contribution in [0.3, 0.4) is 0 Å². The van der Waals surface area contributed by atoms with Gasteiger partial charge < -0.3 is 14.2 Å². The quantitative estimate of drug-likeness (QED) is 0.695. The molecule has 0 heterocycles. The Morgan fingerprint density at radius 3 is 2.04 bits per heavy atom. The first-order valence-corrected chi connectivity index (χ1v) is 8.26. The first kappa shape index (κ1) is 18.3. The molecule has 0 aromatic heterocycles. The van der Waals surface area contributed by atoms with E-state index in [0.29, 0.717) is 28.4 Å². The number of halogens is 1. The molecular formula is C19H21BrO4. The Morgan fingerprint density at radius 2 is 1.50 bits per heavy atom. The van der Waals surface area contributed by atoms with E-state index in [0.717, 1.165) is 21.2 Å². The van der Waals surface area contributed by atoms with Crippen molar-refractivity contribution in [2.45, 2.75) is 20.8 Å². The number of hydrogen-bond donors (Lipinski definition) is 0. The van der Waals surface area contributed by atoms with Crippen molar-refractivity contribution in [2.75, 3.05) is 21.3 Å². The molecular weight excluding hydrogens is 372 g/mol. The largest absolute Gasteiger partial charge is 0.493 e. The number of carbonyl (C=O) groups is 1. The van der Waals surface area contributed by atoms with Crippen LogP contribution in [0.5, 0.6) is 17.2 Å². The van der Waals surface area contributed by atoms with E-state index in [1.165, 1.54) is 14.2 Å². The zero-order valence-electron chi connectivity index (χ0n) is 14.7. The van der Waals surface area contributed by atoms with Crippen molar-refractivity contribution in [3.05, 3.63) is 50.5 Å². The SMILES string of the molecule is COc1cc(C)c(C(=O)c2c(C)ccc(Br)c2C)c(OC)c1OC. The van der Waals surface area contributed by atoms with Gasteiger partial charge in [-0.2, -0.15) is 0 Å². The molecule has 0 atom stereocenters. The van der Waals surface area contributed by atoms with Gasteiger partial charge in [-0.15, -0.1) is 0 Å². The second-order valence-corrected chi connectivity index (χ2v) is 6.38. The van der Waals surface area contributed by atoms with Gasteiger partial charge in [0, 0.05) is 10.0 Å². The van der Waals surface area contributed by atoms with Crippen LogP contribution < -0.4 is 14.2 Å². The monoisotopic (exact) mass is 392 g/mol. The standard InChI is InChI=1S/C19H21BrO4/c1-10-7-8-13(20)12(3)15(10)17(21)16-11(2)9-14(22-4)18(23-5)19(16)24-6/h7-9H,1-6H3. The molecule has 128 valence electrons. The lowest BCUT2D eigenvalue weighted by atomic mass is 9.91. The van der Waals surface area contributed by atoms with Gasteiger partial charge in [0.2, 0.25) is 5.75 Å². The lowest BCUT2D eigenvalue weighted by Gasteiger charge is -2.19. The Bertz CT molecular complexity index is 797. The number of ketones is 1. The van der Waals surface area contributed by atoms with E-state index in [4.69, 9.17) is 14.2 Å². The Kier molecular flexibility index (Phi) is 5.54. The average molecular weight is 393 g/mol. The van der Waals surface area contributed by atoms with Crippen LogP contribution in [0.2, 0.25) is 0 Å². The van der Waals surface area contributed by atoms with Gasteiger partial charge in [-0.1, -0.05) is 22.0 Å². The number of rotatable bonds is 5. The third-order valence-corrected chi connectivity index (χ3v) is 4.95. The molecule has 0 spiro atoms. The Hall–Kier alpha value is -2.01. The highest BCUT2D eigenvalue weighted by molar-refractivity contribution is 9.10. The summed E-state index contributed by atoms with van der Waals surface area (Å²) in [6, 6.07) is 5.66. The van der Waals surface area contributed by atoms with E-state index in [2.05, 4.69) is 15.9 Å². The third-order valence-electron chi connectivity index (χ3n) is 4.09. The minimum atomic E-state index is -0.0957. The summed E-state index contributed by atoms with van der Waals surface area (Å²) >= 11 is 3.50. The molecule has 4 nitrogen and oxygen atoms in total. The van der Waals surface area contributed by atoms with Crippen molar-refractivity contribution < 1.29 is 19.0 Å². The summed E-state index contributed by atoms with van der Waals surface area (Å²) in [6.45, 7) is 5.71. The summed E-state index contributed by atoms with van der Waals surface area (Å²) < 4.78 is 17.2. The van der Waals surface area contributed by atoms with E-state index in [-0.39, 0.29) is 5.78 Å². The summed E-state index contributed by atoms with van der Waals surface area (Å²) in [5.74, 6) is 1.24. The first-order chi connectivity index (χ1) is 11.4. The zero-order chi connectivity index (χ0) is 18.0. The fraction of sp³-hybridized carbons (Fsp3) is 0.316. The van der Waals surface area contributed by atoms with Crippen LogP contribution in [0.4, 0.5) is 0 Å². The van der Waals surface area contributed by atoms with E-state index >= 15 is 0 Å². The number of benzene rings is 2. The highest BCUT2D eigenvalue weighted by Crippen LogP contribution is 2.43. The van der Waals surface area contributed by atoms with Gasteiger partial charge in [-0.05, 0) is 49.6 Å². The molecule has 0 fully saturated rings. The highest BCUT2D eigenvalue weighted by atomic mass is 79.9. The first-order valence-electron chi connectivity index (χ1n) is 7.47. The molecule has 0 radical (unpaired) electrons. The maximum atomic E-state index is 13.3. The van der Waals surface area contributed by atoms with Gasteiger partial charge in [0.05, 0.1) is 26.9 Å². The van der Waals surface area contributed by atoms with Gasteiger partial charge >= 0.3 is 0 Å². The summed E-state index contributed by atoms with van der Waals surface area (Å²) in [5.41, 5.74) is 3.74. The minimum Gasteiger partial charge on any atom is -0.493 e. The molecule has 5 heteroatoms. The van der Waals surface area contributed by atoms with Crippen molar-refractivity contribution in [1.29, 1.82) is 0 Å². The molecule has 0 aliphatic heterocycles. The Labute approximate surface area is 150 Å². The van der Waals surface area contributed by atoms with Crippen molar-refractivity contribution in [1.82, 2.24) is 0 Å². The lowest BCUT2D eigenvalue weighted by molar-refractivity contribution is 0.103. The van der Waals surface area contributed by atoms with Crippen molar-refractivity contribution in [3.8, 4) is 17.2 Å². The summed E-state index contributed by atoms with van der Waals surface area (Å²) in [5, 5.41) is 0. The van der Waals surface area contributed by atoms with Crippen LogP contribution in [0.1, 0.15) is 32.6 Å². The van der Waals surface area contributed by atoms with Crippen LogP contribution >= 0.6 is 15.9 Å². The molecule has 0 aliphatic carbocycles. The maximum absolute atomic E-state index is 13.3. The predicted molar refractivity (Wildman–Crippen MR) is 97.9 cm³/mol. The zero-order valence-corrected chi connectivity index (χ0v) is 16.3. The maximum Gasteiger partial charge on any atom is 0.204 e. The van der Waals surface area contributed by atoms with Crippen LogP contribution in [-0.2, 0) is 0 Å². The molecule has 0 aliphatic rings. The van der Waals surface area contributed by atoms with Gasteiger partial charge in [0.1, 0.15) is 0 Å². The fourth-order valence-electron chi connectivity index (χ4n) is 2.86. The van der Waals surface area contributed by atoms with Crippen molar-refractivity contribution >= 4 is 21.7 Å². The van der Waals surface area contributed by atoms with E-state index in [1.54, 1.807) is 13.2 Å². The molecule has 24 heavy (non-hydrogen) atoms. The van der Waals surface area contributed by atoms with E-state index in [9.17, 15) is 4.79 Å². The molecule has 2 aromatic carbocycles. The van der Waals surface area contributed by atoms with Gasteiger partial charge in [-0.25, -0.2) is 0 Å². The van der Waals surface area contributed by atoms with Gasteiger partial charge in [0.25, 0.3) is 0 Å². The number of methoxy groups -OCH3 is 3. The van der Waals surface area contributed by atoms with Crippen molar-refractivity contribution in [3.63, 3.8) is 0 Å². The number of aryl methyl sites for hydroxylation is 2. The normalized spacial score (nSPS) is 10.5. The molecule has 2 aromatic rings. The smallest absolute Gasteiger partial charge is 0.204 e. The second kappa shape index (κ2) is 7.26. The Morgan fingerprint density at radius 1 is 0.875 bits per heavy atom. The molecule has 0 amide bonds. The fourth-order valence-corrected chi connectivity index (χ4v) is 3.19. The third kappa shape index (κ3) is 3.00. The summed E-state index contributed by atoms with van der Waals surface area (Å²) in [7, 11) is 4.61. The predicted octanol–water partition coefficient (Wildman–Crippen LogP) is 4.63. The van der Waals surface area contributed by atoms with Crippen molar-refractivity contribution in [2.24, 2.45) is 0 Å². The van der Waals surface area contributed by atoms with Gasteiger partial charge in [0.15, 0.2) is 17.3 Å². The van der Waals surface area contributed by atoms with Crippen LogP contribution in [0.25, 0.3) is 0 Å². The molecule has 0 saturated carbocycles. The van der Waals surface area contributed by atoms with E-state index in [1.807, 2.05) is 32.9 Å². The van der Waals surface area contributed by atoms with Crippen LogP contribution in [-0.4, -0.2) is 27.1 Å². The number of ether oxygens (including phenoxy) is 3. The minimum absolute atomic E-state index is 0.0957. The molecule has 0 unspecified atom stereocenters. The highest BCUT2D eigenvalue weighted by Gasteiger charge is 2.26. The van der Waals surface area contributed by atoms with Crippen LogP contribution in [0.15, 0.2) is 22.7 Å². The number of carbonyl (C=O) groups excluding carboxylic acids is 1. The molecule has 2 rings (SSSR count). The molecule has 0 N–H and O–H groups in total.